The predicted molar refractivity (Wildman–Crippen MR) is 121 cm³/mol. The van der Waals surface area contributed by atoms with Crippen LogP contribution < -0.4 is 10.1 Å². The van der Waals surface area contributed by atoms with E-state index in [0.717, 1.165) is 22.7 Å². The molecule has 0 aliphatic carbocycles. The number of amides is 1. The SMILES string of the molecule is COc1ccc(C(NC(=O)CCc2ncc(-c3ccc(C)cc3)o2)c2nccn2C)cc1. The summed E-state index contributed by atoms with van der Waals surface area (Å²) in [5.41, 5.74) is 3.07. The first-order valence-corrected chi connectivity index (χ1v) is 10.5. The third-order valence-corrected chi connectivity index (χ3v) is 5.33. The van der Waals surface area contributed by atoms with Crippen molar-refractivity contribution >= 4 is 5.91 Å². The van der Waals surface area contributed by atoms with Crippen molar-refractivity contribution in [3.63, 3.8) is 0 Å². The van der Waals surface area contributed by atoms with Crippen LogP contribution in [0.25, 0.3) is 11.3 Å². The van der Waals surface area contributed by atoms with Gasteiger partial charge in [-0.25, -0.2) is 9.97 Å². The third-order valence-electron chi connectivity index (χ3n) is 5.33. The molecule has 0 fully saturated rings. The van der Waals surface area contributed by atoms with Gasteiger partial charge in [-0.15, -0.1) is 0 Å². The molecule has 2 aromatic carbocycles. The summed E-state index contributed by atoms with van der Waals surface area (Å²) in [7, 11) is 3.53. The minimum absolute atomic E-state index is 0.107. The van der Waals surface area contributed by atoms with Crippen LogP contribution >= 0.6 is 0 Å². The first-order valence-electron chi connectivity index (χ1n) is 10.5. The molecule has 1 amide bonds. The van der Waals surface area contributed by atoms with Gasteiger partial charge in [0, 0.05) is 37.8 Å². The highest BCUT2D eigenvalue weighted by Crippen LogP contribution is 2.24. The van der Waals surface area contributed by atoms with Gasteiger partial charge in [-0.2, -0.15) is 0 Å². The Morgan fingerprint density at radius 3 is 2.53 bits per heavy atom. The number of nitrogens with one attached hydrogen (secondary N) is 1. The second-order valence-corrected chi connectivity index (χ2v) is 7.65. The van der Waals surface area contributed by atoms with E-state index in [1.165, 1.54) is 5.56 Å². The first kappa shape index (κ1) is 21.4. The van der Waals surface area contributed by atoms with Crippen LogP contribution in [0, 0.1) is 6.92 Å². The zero-order chi connectivity index (χ0) is 22.5. The van der Waals surface area contributed by atoms with Gasteiger partial charge in [-0.05, 0) is 24.6 Å². The summed E-state index contributed by atoms with van der Waals surface area (Å²) < 4.78 is 13.0. The van der Waals surface area contributed by atoms with Crippen molar-refractivity contribution in [3.05, 3.63) is 90.0 Å². The summed E-state index contributed by atoms with van der Waals surface area (Å²) in [5.74, 6) is 2.63. The number of nitrogens with zero attached hydrogens (tertiary/aromatic N) is 3. The molecule has 7 nitrogen and oxygen atoms in total. The van der Waals surface area contributed by atoms with E-state index in [2.05, 4.69) is 15.3 Å². The Hall–Kier alpha value is -3.87. The topological polar surface area (TPSA) is 82.2 Å². The monoisotopic (exact) mass is 430 g/mol. The van der Waals surface area contributed by atoms with Crippen molar-refractivity contribution in [2.75, 3.05) is 7.11 Å². The second-order valence-electron chi connectivity index (χ2n) is 7.65. The molecule has 0 saturated carbocycles. The molecule has 0 bridgehead atoms. The van der Waals surface area contributed by atoms with Gasteiger partial charge >= 0.3 is 0 Å². The van der Waals surface area contributed by atoms with Gasteiger partial charge in [0.05, 0.1) is 13.3 Å². The number of benzene rings is 2. The molecular weight excluding hydrogens is 404 g/mol. The fourth-order valence-corrected chi connectivity index (χ4v) is 3.48. The number of carbonyl (C=O) groups is 1. The molecule has 0 aliphatic rings. The lowest BCUT2D eigenvalue weighted by Crippen LogP contribution is -2.31. The van der Waals surface area contributed by atoms with E-state index in [0.29, 0.717) is 18.1 Å². The highest BCUT2D eigenvalue weighted by Gasteiger charge is 2.21. The normalized spacial score (nSPS) is 11.8. The van der Waals surface area contributed by atoms with E-state index in [1.54, 1.807) is 19.5 Å². The second kappa shape index (κ2) is 9.51. The van der Waals surface area contributed by atoms with Crippen molar-refractivity contribution in [2.24, 2.45) is 7.05 Å². The lowest BCUT2D eigenvalue weighted by molar-refractivity contribution is -0.121. The number of aryl methyl sites for hydroxylation is 3. The Bertz CT molecular complexity index is 1180. The number of hydrogen-bond acceptors (Lipinski definition) is 5. The van der Waals surface area contributed by atoms with Crippen LogP contribution in [0.4, 0.5) is 0 Å². The summed E-state index contributed by atoms with van der Waals surface area (Å²) in [4.78, 5) is 21.6. The summed E-state index contributed by atoms with van der Waals surface area (Å²) in [6.07, 6.45) is 5.94. The molecular formula is C25H26N4O3. The number of ether oxygens (including phenoxy) is 1. The molecule has 0 spiro atoms. The molecule has 1 N–H and O–H groups in total. The molecule has 4 aromatic rings. The largest absolute Gasteiger partial charge is 0.497 e. The lowest BCUT2D eigenvalue weighted by atomic mass is 10.1. The van der Waals surface area contributed by atoms with Gasteiger partial charge < -0.3 is 19.0 Å². The summed E-state index contributed by atoms with van der Waals surface area (Å²) in [6, 6.07) is 15.3. The molecule has 2 heterocycles. The van der Waals surface area contributed by atoms with Crippen LogP contribution in [0.2, 0.25) is 0 Å². The number of methoxy groups -OCH3 is 1. The Morgan fingerprint density at radius 2 is 1.88 bits per heavy atom. The van der Waals surface area contributed by atoms with Crippen LogP contribution in [0.15, 0.2) is 71.5 Å². The number of hydrogen-bond donors (Lipinski definition) is 1. The van der Waals surface area contributed by atoms with Crippen LogP contribution in [0.3, 0.4) is 0 Å². The Morgan fingerprint density at radius 1 is 1.12 bits per heavy atom. The van der Waals surface area contributed by atoms with E-state index in [9.17, 15) is 4.79 Å². The van der Waals surface area contributed by atoms with E-state index < -0.39 is 0 Å². The van der Waals surface area contributed by atoms with Gasteiger partial charge in [0.2, 0.25) is 5.91 Å². The zero-order valence-corrected chi connectivity index (χ0v) is 18.4. The van der Waals surface area contributed by atoms with Gasteiger partial charge in [0.25, 0.3) is 0 Å². The molecule has 2 aromatic heterocycles. The Labute approximate surface area is 187 Å². The zero-order valence-electron chi connectivity index (χ0n) is 18.4. The summed E-state index contributed by atoms with van der Waals surface area (Å²) in [6.45, 7) is 2.04. The molecule has 32 heavy (non-hydrogen) atoms. The Kier molecular flexibility index (Phi) is 6.35. The van der Waals surface area contributed by atoms with Crippen LogP contribution in [0.5, 0.6) is 5.75 Å². The van der Waals surface area contributed by atoms with Crippen LogP contribution in [-0.2, 0) is 18.3 Å². The molecule has 1 atom stereocenters. The van der Waals surface area contributed by atoms with Crippen molar-refractivity contribution in [1.82, 2.24) is 19.9 Å². The highest BCUT2D eigenvalue weighted by atomic mass is 16.5. The van der Waals surface area contributed by atoms with Crippen molar-refractivity contribution in [1.29, 1.82) is 0 Å². The van der Waals surface area contributed by atoms with E-state index in [4.69, 9.17) is 9.15 Å². The standard InChI is InChI=1S/C25H26N4O3/c1-17-4-6-18(7-5-17)21-16-27-23(32-21)13-12-22(30)28-24(25-26-14-15-29(25)2)19-8-10-20(31-3)11-9-19/h4-11,14-16,24H,12-13H2,1-3H3,(H,28,30). The highest BCUT2D eigenvalue weighted by molar-refractivity contribution is 5.77. The van der Waals surface area contributed by atoms with Gasteiger partial charge in [-0.1, -0.05) is 42.0 Å². The average molecular weight is 431 g/mol. The lowest BCUT2D eigenvalue weighted by Gasteiger charge is -2.19. The molecule has 4 rings (SSSR count). The van der Waals surface area contributed by atoms with Crippen molar-refractivity contribution < 1.29 is 13.9 Å². The van der Waals surface area contributed by atoms with Gasteiger partial charge in [0.15, 0.2) is 11.7 Å². The van der Waals surface area contributed by atoms with E-state index in [1.807, 2.05) is 73.3 Å². The third kappa shape index (κ3) is 4.88. The minimum atomic E-state index is -0.374. The molecule has 0 saturated heterocycles. The van der Waals surface area contributed by atoms with Gasteiger partial charge in [-0.3, -0.25) is 4.79 Å². The molecule has 0 radical (unpaired) electrons. The fourth-order valence-electron chi connectivity index (χ4n) is 3.48. The molecule has 164 valence electrons. The first-order chi connectivity index (χ1) is 15.5. The molecule has 0 aliphatic heterocycles. The molecule has 7 heteroatoms. The quantitative estimate of drug-likeness (QED) is 0.452. The van der Waals surface area contributed by atoms with E-state index >= 15 is 0 Å². The number of carbonyl (C=O) groups excluding carboxylic acids is 1. The maximum Gasteiger partial charge on any atom is 0.221 e. The van der Waals surface area contributed by atoms with Crippen LogP contribution in [0.1, 0.15) is 35.3 Å². The maximum atomic E-state index is 12.8. The fraction of sp³-hybridized carbons (Fsp3) is 0.240. The summed E-state index contributed by atoms with van der Waals surface area (Å²) >= 11 is 0. The maximum absolute atomic E-state index is 12.8. The summed E-state index contributed by atoms with van der Waals surface area (Å²) in [5, 5.41) is 3.10. The van der Waals surface area contributed by atoms with E-state index in [-0.39, 0.29) is 18.4 Å². The average Bonchev–Trinajstić information content (AvgIpc) is 3.46. The number of aromatic nitrogens is 3. The molecule has 1 unspecified atom stereocenters. The van der Waals surface area contributed by atoms with Crippen molar-refractivity contribution in [3.8, 4) is 17.1 Å². The van der Waals surface area contributed by atoms with Crippen LogP contribution in [-0.4, -0.2) is 27.6 Å². The minimum Gasteiger partial charge on any atom is -0.497 e. The number of rotatable bonds is 8. The predicted octanol–water partition coefficient (Wildman–Crippen LogP) is 4.23. The smallest absolute Gasteiger partial charge is 0.221 e. The van der Waals surface area contributed by atoms with Crippen molar-refractivity contribution in [2.45, 2.75) is 25.8 Å². The van der Waals surface area contributed by atoms with Gasteiger partial charge in [0.1, 0.15) is 17.6 Å². The number of oxazole rings is 1. The Balaban J connectivity index is 1.43. The number of imidazole rings is 1.